The third-order valence-electron chi connectivity index (χ3n) is 8.79. The molecule has 1 atom stereocenters. The Balaban J connectivity index is -0.000000130. The quantitative estimate of drug-likeness (QED) is 0.0997. The van der Waals surface area contributed by atoms with Crippen LogP contribution in [0.3, 0.4) is 0 Å². The van der Waals surface area contributed by atoms with Crippen molar-refractivity contribution < 1.29 is 48.3 Å². The lowest BCUT2D eigenvalue weighted by atomic mass is 9.83. The molecule has 0 heterocycles. The van der Waals surface area contributed by atoms with Crippen LogP contribution in [0.5, 0.6) is 0 Å². The van der Waals surface area contributed by atoms with Crippen molar-refractivity contribution in [3.8, 4) is 0 Å². The zero-order valence-corrected chi connectivity index (χ0v) is 36.5. The number of quaternary nitrogens is 2. The lowest BCUT2D eigenvalue weighted by molar-refractivity contribution is -0.858. The average Bonchev–Trinajstić information content (AvgIpc) is 3.06. The van der Waals surface area contributed by atoms with Crippen molar-refractivity contribution in [3.05, 3.63) is 0 Å². The number of carbonyl (C=O) groups is 4. The van der Waals surface area contributed by atoms with E-state index in [0.29, 0.717) is 32.7 Å². The highest BCUT2D eigenvalue weighted by molar-refractivity contribution is 5.76. The number of aliphatic carboxylic acids is 1. The molecule has 0 radical (unpaired) electrons. The molecule has 2 N–H and O–H groups in total. The van der Waals surface area contributed by atoms with Crippen LogP contribution in [0.4, 0.5) is 0 Å². The smallest absolute Gasteiger partial charge is 0.311 e. The summed E-state index contributed by atoms with van der Waals surface area (Å²) in [4.78, 5) is 47.4. The summed E-state index contributed by atoms with van der Waals surface area (Å²) in [6.07, 6.45) is 6.78. The van der Waals surface area contributed by atoms with E-state index in [0.717, 1.165) is 51.6 Å². The molecule has 0 aliphatic carbocycles. The normalized spacial score (nSPS) is 12.0. The highest BCUT2D eigenvalue weighted by atomic mass is 16.5. The number of carboxylic acid groups (broad SMARTS) is 1. The molecule has 0 aliphatic rings. The number of ether oxygens (including phenoxy) is 3. The lowest BCUT2D eigenvalue weighted by Gasteiger charge is -2.28. The standard InChI is InChI=1S/2C10H21NO2.C10H20O2.C8H16O2.C2H6.CH4/c2*1-6-10(2,3)9(12)13-8-7-11(4)5;1-5-7-8-12-9(11)10(3,4)6-2;1-4-6-8(3,5-2)7(9)10;1-2;/h2*6-8H2,1-5H3;5-8H2,1-4H3;4-6H2,1-3H3,(H,9,10);1-2H3;1H4/p+1. The Morgan fingerprint density at radius 2 is 0.824 bits per heavy atom. The van der Waals surface area contributed by atoms with Crippen LogP contribution in [-0.2, 0) is 33.4 Å². The molecule has 0 saturated heterocycles. The van der Waals surface area contributed by atoms with E-state index in [-0.39, 0.29) is 41.6 Å². The first-order valence-corrected chi connectivity index (χ1v) is 19.2. The van der Waals surface area contributed by atoms with Gasteiger partial charge in [0, 0.05) is 11.4 Å². The number of hydrogen-bond donors (Lipinski definition) is 2. The summed E-state index contributed by atoms with van der Waals surface area (Å²) >= 11 is 0. The van der Waals surface area contributed by atoms with E-state index in [1.54, 1.807) is 6.92 Å². The van der Waals surface area contributed by atoms with E-state index in [1.807, 2.05) is 118 Å². The van der Waals surface area contributed by atoms with Crippen molar-refractivity contribution in [2.24, 2.45) is 21.7 Å². The van der Waals surface area contributed by atoms with Crippen molar-refractivity contribution in [2.75, 3.05) is 61.1 Å². The zero-order chi connectivity index (χ0) is 40.8. The highest BCUT2D eigenvalue weighted by Gasteiger charge is 2.28. The Labute approximate surface area is 317 Å². The van der Waals surface area contributed by atoms with Gasteiger partial charge in [0.2, 0.25) is 0 Å². The van der Waals surface area contributed by atoms with Crippen LogP contribution in [0, 0.1) is 21.7 Å². The lowest BCUT2D eigenvalue weighted by Crippen LogP contribution is -3.06. The number of carbonyl (C=O) groups excluding carboxylic acids is 4. The predicted octanol–water partition coefficient (Wildman–Crippen LogP) is 5.60. The second-order valence-corrected chi connectivity index (χ2v) is 15.3. The van der Waals surface area contributed by atoms with Gasteiger partial charge in [0.1, 0.15) is 26.3 Å². The molecule has 0 amide bonds. The Bertz CT molecular complexity index is 832. The van der Waals surface area contributed by atoms with Crippen molar-refractivity contribution >= 4 is 23.9 Å². The minimum Gasteiger partial charge on any atom is -0.550 e. The molecule has 1 unspecified atom stereocenters. The Morgan fingerprint density at radius 3 is 1.00 bits per heavy atom. The van der Waals surface area contributed by atoms with Crippen molar-refractivity contribution in [1.82, 2.24) is 0 Å². The first-order chi connectivity index (χ1) is 22.9. The molecular weight excluding hydrogens is 648 g/mol. The summed E-state index contributed by atoms with van der Waals surface area (Å²) in [5.74, 6) is -1.16. The van der Waals surface area contributed by atoms with Gasteiger partial charge in [-0.05, 0) is 80.1 Å². The molecule has 0 aliphatic heterocycles. The van der Waals surface area contributed by atoms with E-state index < -0.39 is 11.4 Å². The highest BCUT2D eigenvalue weighted by Crippen LogP contribution is 2.26. The number of unbranched alkanes of at least 4 members (excludes halogenated alkanes) is 1. The fraction of sp³-hybridized carbons (Fsp3) is 0.902. The molecule has 10 heteroatoms. The first-order valence-electron chi connectivity index (χ1n) is 19.2. The fourth-order valence-electron chi connectivity index (χ4n) is 3.00. The Kier molecular flexibility index (Phi) is 40.1. The second kappa shape index (κ2) is 33.6. The first kappa shape index (κ1) is 60.9. The van der Waals surface area contributed by atoms with Crippen LogP contribution < -0.4 is 14.9 Å². The van der Waals surface area contributed by atoms with Gasteiger partial charge in [0.05, 0.1) is 51.0 Å². The van der Waals surface area contributed by atoms with Crippen LogP contribution in [0.15, 0.2) is 0 Å². The molecule has 0 spiro atoms. The van der Waals surface area contributed by atoms with Gasteiger partial charge in [-0.25, -0.2) is 0 Å². The van der Waals surface area contributed by atoms with Crippen LogP contribution in [-0.4, -0.2) is 85.0 Å². The molecule has 51 heavy (non-hydrogen) atoms. The number of hydrogen-bond acceptors (Lipinski definition) is 8. The second-order valence-electron chi connectivity index (χ2n) is 15.3. The number of esters is 3. The van der Waals surface area contributed by atoms with E-state index in [4.69, 9.17) is 14.2 Å². The fourth-order valence-corrected chi connectivity index (χ4v) is 3.00. The van der Waals surface area contributed by atoms with Crippen LogP contribution in [0.2, 0.25) is 0 Å². The Morgan fingerprint density at radius 1 is 0.529 bits per heavy atom. The maximum Gasteiger partial charge on any atom is 0.311 e. The molecule has 0 fully saturated rings. The van der Waals surface area contributed by atoms with Gasteiger partial charge in [0.25, 0.3) is 0 Å². The number of nitrogens with one attached hydrogen (secondary N) is 2. The third kappa shape index (κ3) is 33.4. The predicted molar refractivity (Wildman–Crippen MR) is 212 cm³/mol. The van der Waals surface area contributed by atoms with Gasteiger partial charge >= 0.3 is 17.9 Å². The molecule has 0 saturated carbocycles. The van der Waals surface area contributed by atoms with Crippen molar-refractivity contribution in [2.45, 2.75) is 163 Å². The van der Waals surface area contributed by atoms with Gasteiger partial charge in [-0.1, -0.05) is 82.6 Å². The zero-order valence-electron chi connectivity index (χ0n) is 36.5. The van der Waals surface area contributed by atoms with Gasteiger partial charge in [0.15, 0.2) is 0 Å². The number of likely N-dealkylation sites (N-methyl/N-ethyl adjacent to an activating group) is 2. The Hall–Kier alpha value is -2.20. The van der Waals surface area contributed by atoms with E-state index >= 15 is 0 Å². The molecule has 10 nitrogen and oxygen atoms in total. The summed E-state index contributed by atoms with van der Waals surface area (Å²) in [5.41, 5.74) is -1.58. The van der Waals surface area contributed by atoms with Crippen molar-refractivity contribution in [1.29, 1.82) is 0 Å². The van der Waals surface area contributed by atoms with Crippen LogP contribution in [0.25, 0.3) is 0 Å². The van der Waals surface area contributed by atoms with E-state index in [9.17, 15) is 24.3 Å². The summed E-state index contributed by atoms with van der Waals surface area (Å²) in [6.45, 7) is 32.5. The van der Waals surface area contributed by atoms with Crippen molar-refractivity contribution in [3.63, 3.8) is 0 Å². The monoisotopic (exact) mass is 738 g/mol. The van der Waals surface area contributed by atoms with Gasteiger partial charge in [-0.2, -0.15) is 0 Å². The molecule has 0 bridgehead atoms. The third-order valence-corrected chi connectivity index (χ3v) is 8.79. The number of rotatable bonds is 19. The van der Waals surface area contributed by atoms with Crippen LogP contribution in [0.1, 0.15) is 163 Å². The minimum atomic E-state index is -0.920. The molecule has 0 rings (SSSR count). The molecule has 0 aromatic rings. The summed E-state index contributed by atoms with van der Waals surface area (Å²) in [5, 5.41) is 10.5. The summed E-state index contributed by atoms with van der Waals surface area (Å²) < 4.78 is 15.4. The largest absolute Gasteiger partial charge is 0.550 e. The van der Waals surface area contributed by atoms with Crippen LogP contribution >= 0.6 is 0 Å². The maximum atomic E-state index is 11.4. The average molecular weight is 738 g/mol. The van der Waals surface area contributed by atoms with E-state index in [1.165, 1.54) is 9.80 Å². The van der Waals surface area contributed by atoms with Gasteiger partial charge in [-0.3, -0.25) is 14.4 Å². The minimum absolute atomic E-state index is 0. The summed E-state index contributed by atoms with van der Waals surface area (Å²) in [6, 6.07) is 0. The topological polar surface area (TPSA) is 128 Å². The van der Waals surface area contributed by atoms with E-state index in [2.05, 4.69) is 6.92 Å². The summed E-state index contributed by atoms with van der Waals surface area (Å²) in [7, 11) is 8.16. The molecule has 310 valence electrons. The van der Waals surface area contributed by atoms with Gasteiger partial charge in [-0.15, -0.1) is 0 Å². The molecular formula is C41H89N2O8+. The molecule has 0 aromatic heterocycles. The molecule has 0 aromatic carbocycles. The SMILES string of the molecule is C.CC.CCC(C)(C)C(=O)OCC[NH+](C)C.CCC(C)(C)C(=O)OCC[NH+](C)C.CCCC(C)(CC)C(=O)[O-].CCCCOC(=O)C(C)(C)CC. The number of carboxylic acids is 1. The maximum absolute atomic E-state index is 11.4. The van der Waals surface area contributed by atoms with Gasteiger partial charge < -0.3 is 33.9 Å².